The normalized spacial score (nSPS) is 25.9. The summed E-state index contributed by atoms with van der Waals surface area (Å²) in [6.45, 7) is 2.14. The number of benzene rings is 2. The highest BCUT2D eigenvalue weighted by atomic mass is 32.2. The van der Waals surface area contributed by atoms with Crippen LogP contribution in [0.2, 0.25) is 0 Å². The Labute approximate surface area is 152 Å². The number of piperidine rings is 2. The molecular weight excluding hydrogens is 350 g/mol. The number of sulfonamides is 1. The van der Waals surface area contributed by atoms with Crippen molar-refractivity contribution in [3.63, 3.8) is 0 Å². The van der Waals surface area contributed by atoms with Gasteiger partial charge in [0, 0.05) is 41.2 Å². The third kappa shape index (κ3) is 2.31. The molecule has 1 amide bonds. The van der Waals surface area contributed by atoms with Crippen molar-refractivity contribution in [3.05, 3.63) is 35.9 Å². The first-order chi connectivity index (χ1) is 12.6. The fourth-order valence-electron chi connectivity index (χ4n) is 4.66. The molecule has 3 aliphatic heterocycles. The van der Waals surface area contributed by atoms with Crippen LogP contribution in [-0.2, 0) is 10.0 Å². The average Bonchev–Trinajstić information content (AvgIpc) is 2.99. The van der Waals surface area contributed by atoms with Crippen LogP contribution in [0.4, 0.5) is 5.69 Å². The number of carbonyl (C=O) groups excluding carboxylic acids is 1. The number of amides is 1. The molecule has 7 heteroatoms. The molecule has 2 atom stereocenters. The minimum absolute atomic E-state index is 0.172. The zero-order valence-corrected chi connectivity index (χ0v) is 15.2. The summed E-state index contributed by atoms with van der Waals surface area (Å²) >= 11 is 0. The van der Waals surface area contributed by atoms with Gasteiger partial charge in [0.25, 0.3) is 5.91 Å². The van der Waals surface area contributed by atoms with Crippen molar-refractivity contribution >= 4 is 32.4 Å². The van der Waals surface area contributed by atoms with Crippen LogP contribution in [0.3, 0.4) is 0 Å². The van der Waals surface area contributed by atoms with E-state index in [1.54, 1.807) is 34.6 Å². The van der Waals surface area contributed by atoms with Crippen LogP contribution in [0.15, 0.2) is 35.2 Å². The van der Waals surface area contributed by atoms with E-state index < -0.39 is 10.0 Å². The Morgan fingerprint density at radius 1 is 1.12 bits per heavy atom. The summed E-state index contributed by atoms with van der Waals surface area (Å²) < 4.78 is 28.4. The highest BCUT2D eigenvalue weighted by Crippen LogP contribution is 2.38. The minimum atomic E-state index is -3.60. The lowest BCUT2D eigenvalue weighted by Gasteiger charge is -2.41. The van der Waals surface area contributed by atoms with Crippen molar-refractivity contribution < 1.29 is 13.2 Å². The molecule has 0 aromatic heterocycles. The molecule has 6 nitrogen and oxygen atoms in total. The predicted octanol–water partition coefficient (Wildman–Crippen LogP) is 2.17. The first-order valence-corrected chi connectivity index (χ1v) is 10.6. The Morgan fingerprint density at radius 3 is 2.88 bits per heavy atom. The van der Waals surface area contributed by atoms with Crippen LogP contribution in [-0.4, -0.2) is 44.3 Å². The van der Waals surface area contributed by atoms with E-state index in [1.807, 2.05) is 0 Å². The van der Waals surface area contributed by atoms with E-state index in [1.165, 1.54) is 0 Å². The van der Waals surface area contributed by atoms with Crippen molar-refractivity contribution in [2.45, 2.75) is 30.2 Å². The van der Waals surface area contributed by atoms with Gasteiger partial charge in [-0.15, -0.1) is 0 Å². The van der Waals surface area contributed by atoms with Gasteiger partial charge in [-0.25, -0.2) is 8.42 Å². The first-order valence-electron chi connectivity index (χ1n) is 9.16. The molecule has 136 valence electrons. The third-order valence-electron chi connectivity index (χ3n) is 5.97. The largest absolute Gasteiger partial charge is 0.321 e. The van der Waals surface area contributed by atoms with Crippen LogP contribution >= 0.6 is 0 Å². The van der Waals surface area contributed by atoms with Crippen molar-refractivity contribution in [3.8, 4) is 0 Å². The molecule has 26 heavy (non-hydrogen) atoms. The maximum atomic E-state index is 13.4. The molecule has 3 heterocycles. The zero-order chi connectivity index (χ0) is 17.9. The van der Waals surface area contributed by atoms with Crippen LogP contribution in [0.1, 0.15) is 29.6 Å². The Kier molecular flexibility index (Phi) is 3.60. The Bertz CT molecular complexity index is 1020. The molecule has 0 unspecified atom stereocenters. The second-order valence-electron chi connectivity index (χ2n) is 7.41. The topological polar surface area (TPSA) is 78.5 Å². The SMILES string of the molecule is O=C1Nc2ccc(S(=O)(=O)N3CC[C@@H]4NCCC[C@@H]4C3)c3cccc1c23. The van der Waals surface area contributed by atoms with Gasteiger partial charge in [0.15, 0.2) is 0 Å². The number of nitrogens with zero attached hydrogens (tertiary/aromatic N) is 1. The maximum absolute atomic E-state index is 13.4. The lowest BCUT2D eigenvalue weighted by Crippen LogP contribution is -2.53. The van der Waals surface area contributed by atoms with Gasteiger partial charge in [-0.2, -0.15) is 4.31 Å². The highest BCUT2D eigenvalue weighted by Gasteiger charge is 2.37. The molecule has 2 aromatic rings. The van der Waals surface area contributed by atoms with Gasteiger partial charge in [0.05, 0.1) is 4.90 Å². The molecule has 2 saturated heterocycles. The smallest absolute Gasteiger partial charge is 0.256 e. The lowest BCUT2D eigenvalue weighted by molar-refractivity contribution is 0.103. The molecule has 2 N–H and O–H groups in total. The second-order valence-corrected chi connectivity index (χ2v) is 9.31. The molecule has 3 aliphatic rings. The van der Waals surface area contributed by atoms with Crippen molar-refractivity contribution in [2.75, 3.05) is 25.0 Å². The summed E-state index contributed by atoms with van der Waals surface area (Å²) in [6.07, 6.45) is 3.03. The Balaban J connectivity index is 1.57. The van der Waals surface area contributed by atoms with Gasteiger partial charge < -0.3 is 10.6 Å². The van der Waals surface area contributed by atoms with E-state index in [0.717, 1.165) is 25.8 Å². The monoisotopic (exact) mass is 371 g/mol. The molecule has 0 spiro atoms. The number of nitrogens with one attached hydrogen (secondary N) is 2. The summed E-state index contributed by atoms with van der Waals surface area (Å²) in [5, 5.41) is 7.68. The minimum Gasteiger partial charge on any atom is -0.321 e. The number of carbonyl (C=O) groups is 1. The highest BCUT2D eigenvalue weighted by molar-refractivity contribution is 7.89. The summed E-state index contributed by atoms with van der Waals surface area (Å²) in [6, 6.07) is 9.06. The van der Waals surface area contributed by atoms with Crippen molar-refractivity contribution in [2.24, 2.45) is 5.92 Å². The number of anilines is 1. The molecule has 0 bridgehead atoms. The van der Waals surface area contributed by atoms with E-state index in [4.69, 9.17) is 0 Å². The molecule has 2 aromatic carbocycles. The van der Waals surface area contributed by atoms with E-state index in [0.29, 0.717) is 52.0 Å². The van der Waals surface area contributed by atoms with Crippen molar-refractivity contribution in [1.82, 2.24) is 9.62 Å². The summed E-state index contributed by atoms with van der Waals surface area (Å²) in [5.74, 6) is 0.210. The van der Waals surface area contributed by atoms with Gasteiger partial charge in [-0.1, -0.05) is 12.1 Å². The summed E-state index contributed by atoms with van der Waals surface area (Å²) in [7, 11) is -3.60. The number of hydrogen-bond acceptors (Lipinski definition) is 4. The quantitative estimate of drug-likeness (QED) is 0.848. The summed E-state index contributed by atoms with van der Waals surface area (Å²) in [5.41, 5.74) is 1.24. The fraction of sp³-hybridized carbons (Fsp3) is 0.421. The Morgan fingerprint density at radius 2 is 2.00 bits per heavy atom. The van der Waals surface area contributed by atoms with E-state index in [2.05, 4.69) is 10.6 Å². The first kappa shape index (κ1) is 16.2. The van der Waals surface area contributed by atoms with Crippen LogP contribution in [0.5, 0.6) is 0 Å². The van der Waals surface area contributed by atoms with E-state index in [-0.39, 0.29) is 5.91 Å². The van der Waals surface area contributed by atoms with Gasteiger partial charge in [0.2, 0.25) is 10.0 Å². The average molecular weight is 371 g/mol. The van der Waals surface area contributed by atoms with Gasteiger partial charge in [-0.05, 0) is 49.9 Å². The van der Waals surface area contributed by atoms with Gasteiger partial charge >= 0.3 is 0 Å². The zero-order valence-electron chi connectivity index (χ0n) is 14.4. The molecule has 0 aliphatic carbocycles. The third-order valence-corrected chi connectivity index (χ3v) is 7.89. The maximum Gasteiger partial charge on any atom is 0.256 e. The molecule has 5 rings (SSSR count). The number of rotatable bonds is 2. The van der Waals surface area contributed by atoms with Gasteiger partial charge in [0.1, 0.15) is 0 Å². The fourth-order valence-corrected chi connectivity index (χ4v) is 6.36. The van der Waals surface area contributed by atoms with E-state index >= 15 is 0 Å². The van der Waals surface area contributed by atoms with Crippen molar-refractivity contribution in [1.29, 1.82) is 0 Å². The van der Waals surface area contributed by atoms with Crippen LogP contribution < -0.4 is 10.6 Å². The molecule has 2 fully saturated rings. The number of fused-ring (bicyclic) bond motifs is 1. The van der Waals surface area contributed by atoms with E-state index in [9.17, 15) is 13.2 Å². The Hall–Kier alpha value is -1.96. The number of hydrogen-bond donors (Lipinski definition) is 2. The summed E-state index contributed by atoms with van der Waals surface area (Å²) in [4.78, 5) is 12.4. The van der Waals surface area contributed by atoms with Crippen LogP contribution in [0.25, 0.3) is 10.8 Å². The molecular formula is C19H21N3O3S. The second kappa shape index (κ2) is 5.77. The van der Waals surface area contributed by atoms with Gasteiger partial charge in [-0.3, -0.25) is 4.79 Å². The van der Waals surface area contributed by atoms with Crippen LogP contribution in [0, 0.1) is 5.92 Å². The standard InChI is InChI=1S/C19H21N3O3S/c23-19-14-5-1-4-13-17(7-6-16(21-19)18(13)14)26(24,25)22-10-8-15-12(11-22)3-2-9-20-15/h1,4-7,12,15,20H,2-3,8-11H2,(H,21,23)/t12-,15+/m1/s1. The lowest BCUT2D eigenvalue weighted by atomic mass is 9.86. The predicted molar refractivity (Wildman–Crippen MR) is 99.8 cm³/mol. The molecule has 0 radical (unpaired) electrons. The molecule has 0 saturated carbocycles.